The second kappa shape index (κ2) is 4.89. The van der Waals surface area contributed by atoms with Gasteiger partial charge >= 0.3 is 0 Å². The predicted molar refractivity (Wildman–Crippen MR) is 96.5 cm³/mol. The molecule has 0 unspecified atom stereocenters. The largest absolute Gasteiger partial charge is 0.397 e. The van der Waals surface area contributed by atoms with Crippen molar-refractivity contribution in [3.05, 3.63) is 71.3 Å². The number of anilines is 2. The zero-order valence-electron chi connectivity index (χ0n) is 13.6. The van der Waals surface area contributed by atoms with Gasteiger partial charge in [-0.1, -0.05) is 12.1 Å². The number of nitrogens with zero attached hydrogens (tertiary/aromatic N) is 2. The fraction of sp³-hybridized carbons (Fsp3) is 0.105. The van der Waals surface area contributed by atoms with Crippen molar-refractivity contribution in [3.8, 4) is 0 Å². The molecule has 0 aliphatic carbocycles. The third-order valence-corrected chi connectivity index (χ3v) is 4.70. The summed E-state index contributed by atoms with van der Waals surface area (Å²) in [5.74, 6) is -0.0826. The molecule has 5 heteroatoms. The van der Waals surface area contributed by atoms with Gasteiger partial charge in [-0.25, -0.2) is 0 Å². The molecule has 120 valence electrons. The van der Waals surface area contributed by atoms with E-state index in [0.717, 1.165) is 22.2 Å². The van der Waals surface area contributed by atoms with Gasteiger partial charge < -0.3 is 20.3 Å². The summed E-state index contributed by atoms with van der Waals surface area (Å²) in [5, 5.41) is 0. The molecule has 5 nitrogen and oxygen atoms in total. The Hall–Kier alpha value is -3.21. The normalized spacial score (nSPS) is 11.4. The van der Waals surface area contributed by atoms with Crippen LogP contribution in [-0.4, -0.2) is 14.6 Å². The number of carbonyl (C=O) groups excluding carboxylic acids is 1. The Bertz CT molecular complexity index is 1030. The van der Waals surface area contributed by atoms with E-state index in [1.165, 1.54) is 0 Å². The number of hydrogen-bond donors (Lipinski definition) is 2. The standard InChI is InChI=1S/C19H18N4O/c1-11-15(20)13-7-3-5-9-22(13)17(11)19(24)18-12(2)16(21)14-8-4-6-10-23(14)18/h3-10H,20-21H2,1-2H3. The number of carbonyl (C=O) groups is 1. The number of aromatic nitrogens is 2. The van der Waals surface area contributed by atoms with E-state index >= 15 is 0 Å². The molecule has 0 atom stereocenters. The van der Waals surface area contributed by atoms with Crippen LogP contribution < -0.4 is 11.5 Å². The van der Waals surface area contributed by atoms with Crippen LogP contribution in [0.25, 0.3) is 11.0 Å². The van der Waals surface area contributed by atoms with E-state index in [1.807, 2.05) is 71.4 Å². The smallest absolute Gasteiger partial charge is 0.227 e. The molecular weight excluding hydrogens is 300 g/mol. The Kier molecular flexibility index (Phi) is 2.93. The van der Waals surface area contributed by atoms with Gasteiger partial charge in [-0.05, 0) is 38.1 Å². The highest BCUT2D eigenvalue weighted by atomic mass is 16.1. The van der Waals surface area contributed by atoms with Gasteiger partial charge in [0.05, 0.1) is 22.4 Å². The van der Waals surface area contributed by atoms with Crippen molar-refractivity contribution in [1.82, 2.24) is 8.80 Å². The lowest BCUT2D eigenvalue weighted by molar-refractivity contribution is 0.102. The lowest BCUT2D eigenvalue weighted by Crippen LogP contribution is -2.11. The lowest BCUT2D eigenvalue weighted by Gasteiger charge is -2.06. The second-order valence-electron chi connectivity index (χ2n) is 6.02. The molecule has 0 amide bonds. The van der Waals surface area contributed by atoms with Crippen LogP contribution in [0.3, 0.4) is 0 Å². The van der Waals surface area contributed by atoms with Crippen molar-refractivity contribution in [2.75, 3.05) is 11.5 Å². The number of pyridine rings is 2. The van der Waals surface area contributed by atoms with E-state index in [1.54, 1.807) is 0 Å². The molecule has 0 aromatic carbocycles. The quantitative estimate of drug-likeness (QED) is 0.557. The number of fused-ring (bicyclic) bond motifs is 2. The van der Waals surface area contributed by atoms with Gasteiger partial charge in [-0.3, -0.25) is 4.79 Å². The van der Waals surface area contributed by atoms with Crippen LogP contribution in [0.4, 0.5) is 11.4 Å². The summed E-state index contributed by atoms with van der Waals surface area (Å²) >= 11 is 0. The zero-order chi connectivity index (χ0) is 17.0. The molecule has 0 saturated carbocycles. The molecule has 4 aromatic heterocycles. The molecule has 4 heterocycles. The Morgan fingerprint density at radius 1 is 0.792 bits per heavy atom. The first kappa shape index (κ1) is 14.4. The highest BCUT2D eigenvalue weighted by molar-refractivity contribution is 6.13. The monoisotopic (exact) mass is 318 g/mol. The van der Waals surface area contributed by atoms with Gasteiger partial charge in [0.2, 0.25) is 5.78 Å². The minimum absolute atomic E-state index is 0.0826. The molecule has 4 rings (SSSR count). The zero-order valence-corrected chi connectivity index (χ0v) is 13.6. The molecule has 0 spiro atoms. The minimum Gasteiger partial charge on any atom is -0.397 e. The van der Waals surface area contributed by atoms with Crippen LogP contribution in [0.5, 0.6) is 0 Å². The van der Waals surface area contributed by atoms with E-state index in [2.05, 4.69) is 0 Å². The first-order chi connectivity index (χ1) is 11.5. The molecule has 4 aromatic rings. The maximum atomic E-state index is 13.4. The average Bonchev–Trinajstić information content (AvgIpc) is 3.00. The van der Waals surface area contributed by atoms with Gasteiger partial charge in [0.1, 0.15) is 11.4 Å². The van der Waals surface area contributed by atoms with Gasteiger partial charge in [0.15, 0.2) is 0 Å². The van der Waals surface area contributed by atoms with Crippen molar-refractivity contribution in [2.45, 2.75) is 13.8 Å². The summed E-state index contributed by atoms with van der Waals surface area (Å²) in [6.07, 6.45) is 3.72. The van der Waals surface area contributed by atoms with Gasteiger partial charge in [-0.2, -0.15) is 0 Å². The second-order valence-corrected chi connectivity index (χ2v) is 6.02. The third-order valence-electron chi connectivity index (χ3n) is 4.70. The van der Waals surface area contributed by atoms with Crippen molar-refractivity contribution in [1.29, 1.82) is 0 Å². The van der Waals surface area contributed by atoms with Crippen LogP contribution in [0.1, 0.15) is 27.3 Å². The molecule has 0 aliphatic rings. The molecule has 0 fully saturated rings. The first-order valence-corrected chi connectivity index (χ1v) is 7.77. The summed E-state index contributed by atoms with van der Waals surface area (Å²) in [6, 6.07) is 11.4. The first-order valence-electron chi connectivity index (χ1n) is 7.77. The maximum Gasteiger partial charge on any atom is 0.227 e. The van der Waals surface area contributed by atoms with Crippen LogP contribution in [0, 0.1) is 13.8 Å². The van der Waals surface area contributed by atoms with E-state index in [9.17, 15) is 4.79 Å². The van der Waals surface area contributed by atoms with Gasteiger partial charge in [0.25, 0.3) is 0 Å². The predicted octanol–water partition coefficient (Wildman–Crippen LogP) is 3.20. The number of rotatable bonds is 2. The molecule has 4 N–H and O–H groups in total. The lowest BCUT2D eigenvalue weighted by atomic mass is 10.1. The van der Waals surface area contributed by atoms with E-state index in [0.29, 0.717) is 22.8 Å². The number of hydrogen-bond acceptors (Lipinski definition) is 3. The molecule has 0 radical (unpaired) electrons. The van der Waals surface area contributed by atoms with Crippen LogP contribution in [-0.2, 0) is 0 Å². The molecule has 0 aliphatic heterocycles. The van der Waals surface area contributed by atoms with E-state index in [4.69, 9.17) is 11.5 Å². The molecule has 0 bridgehead atoms. The van der Waals surface area contributed by atoms with E-state index in [-0.39, 0.29) is 5.78 Å². The maximum absolute atomic E-state index is 13.4. The third kappa shape index (κ3) is 1.72. The number of nitrogens with two attached hydrogens (primary N) is 2. The minimum atomic E-state index is -0.0826. The fourth-order valence-electron chi connectivity index (χ4n) is 3.39. The van der Waals surface area contributed by atoms with Gasteiger partial charge in [0, 0.05) is 23.5 Å². The molecule has 24 heavy (non-hydrogen) atoms. The average molecular weight is 318 g/mol. The molecule has 0 saturated heterocycles. The summed E-state index contributed by atoms with van der Waals surface area (Å²) in [4.78, 5) is 13.4. The van der Waals surface area contributed by atoms with Crippen LogP contribution >= 0.6 is 0 Å². The van der Waals surface area contributed by atoms with Crippen LogP contribution in [0.15, 0.2) is 48.8 Å². The van der Waals surface area contributed by atoms with Crippen molar-refractivity contribution >= 4 is 28.2 Å². The SMILES string of the molecule is Cc1c(N)c2ccccn2c1C(=O)c1c(C)c(N)c2ccccn12. The Balaban J connectivity index is 2.06. The molecular formula is C19H18N4O. The Morgan fingerprint density at radius 2 is 1.21 bits per heavy atom. The number of nitrogen functional groups attached to an aromatic ring is 2. The van der Waals surface area contributed by atoms with Crippen molar-refractivity contribution in [2.24, 2.45) is 0 Å². The number of ketones is 1. The summed E-state index contributed by atoms with van der Waals surface area (Å²) < 4.78 is 3.70. The van der Waals surface area contributed by atoms with Crippen molar-refractivity contribution in [3.63, 3.8) is 0 Å². The highest BCUT2D eigenvalue weighted by Gasteiger charge is 2.25. The summed E-state index contributed by atoms with van der Waals surface area (Å²) in [6.45, 7) is 3.76. The fourth-order valence-corrected chi connectivity index (χ4v) is 3.39. The topological polar surface area (TPSA) is 77.9 Å². The van der Waals surface area contributed by atoms with Crippen molar-refractivity contribution < 1.29 is 4.79 Å². The van der Waals surface area contributed by atoms with E-state index < -0.39 is 0 Å². The summed E-state index contributed by atoms with van der Waals surface area (Å²) in [7, 11) is 0. The highest BCUT2D eigenvalue weighted by Crippen LogP contribution is 2.31. The van der Waals surface area contributed by atoms with Gasteiger partial charge in [-0.15, -0.1) is 0 Å². The summed E-state index contributed by atoms with van der Waals surface area (Å²) in [5.41, 5.74) is 18.1. The Morgan fingerprint density at radius 3 is 1.62 bits per heavy atom. The van der Waals surface area contributed by atoms with Crippen LogP contribution in [0.2, 0.25) is 0 Å². The Labute approximate surface area is 139 Å².